The molecule has 0 spiro atoms. The van der Waals surface area contributed by atoms with Gasteiger partial charge in [-0.25, -0.2) is 0 Å². The van der Waals surface area contributed by atoms with Crippen LogP contribution in [0.5, 0.6) is 0 Å². The number of H-pyrrole nitrogens is 1. The van der Waals surface area contributed by atoms with Crippen LogP contribution in [0, 0.1) is 0 Å². The summed E-state index contributed by atoms with van der Waals surface area (Å²) >= 11 is 0. The molecule has 3 heteroatoms. The number of aliphatic imine (C=N–C) groups is 1. The lowest BCUT2D eigenvalue weighted by atomic mass is 10.0. The second kappa shape index (κ2) is 2.54. The Bertz CT molecular complexity index is 551. The van der Waals surface area contributed by atoms with Crippen LogP contribution in [0.15, 0.2) is 29.4 Å². The van der Waals surface area contributed by atoms with Gasteiger partial charge in [-0.05, 0) is 18.2 Å². The van der Waals surface area contributed by atoms with Crippen LogP contribution in [-0.4, -0.2) is 17.0 Å². The molecule has 14 heavy (non-hydrogen) atoms. The number of rotatable bonds is 0. The van der Waals surface area contributed by atoms with Crippen LogP contribution in [0.3, 0.4) is 0 Å². The molecule has 68 valence electrons. The first-order valence-electron chi connectivity index (χ1n) is 4.51. The SMILES string of the molecule is O=C1CC=Nc2cc3[nH]ccc3cc21. The number of nitrogens with one attached hydrogen (secondary N) is 1. The fourth-order valence-electron chi connectivity index (χ4n) is 1.76. The lowest BCUT2D eigenvalue weighted by Crippen LogP contribution is -2.04. The van der Waals surface area contributed by atoms with Gasteiger partial charge < -0.3 is 4.98 Å². The molecular weight excluding hydrogens is 176 g/mol. The summed E-state index contributed by atoms with van der Waals surface area (Å²) in [6.45, 7) is 0. The first-order valence-corrected chi connectivity index (χ1v) is 4.51. The Morgan fingerprint density at radius 2 is 2.29 bits per heavy atom. The Morgan fingerprint density at radius 1 is 1.36 bits per heavy atom. The average molecular weight is 184 g/mol. The summed E-state index contributed by atoms with van der Waals surface area (Å²) in [5.41, 5.74) is 2.53. The Labute approximate surface area is 80.5 Å². The first kappa shape index (κ1) is 7.50. The number of aromatic amines is 1. The van der Waals surface area contributed by atoms with Gasteiger partial charge in [-0.15, -0.1) is 0 Å². The molecular formula is C11H8N2O. The van der Waals surface area contributed by atoms with E-state index in [1.165, 1.54) is 0 Å². The molecule has 1 N–H and O–H groups in total. The van der Waals surface area contributed by atoms with E-state index in [-0.39, 0.29) is 5.78 Å². The summed E-state index contributed by atoms with van der Waals surface area (Å²) in [6, 6.07) is 5.78. The van der Waals surface area contributed by atoms with Gasteiger partial charge >= 0.3 is 0 Å². The van der Waals surface area contributed by atoms with Crippen LogP contribution < -0.4 is 0 Å². The number of carbonyl (C=O) groups is 1. The quantitative estimate of drug-likeness (QED) is 0.671. The number of benzene rings is 1. The first-order chi connectivity index (χ1) is 6.84. The minimum absolute atomic E-state index is 0.151. The topological polar surface area (TPSA) is 45.2 Å². The van der Waals surface area contributed by atoms with Gasteiger partial charge in [-0.1, -0.05) is 0 Å². The molecule has 3 nitrogen and oxygen atoms in total. The highest BCUT2D eigenvalue weighted by Gasteiger charge is 2.14. The van der Waals surface area contributed by atoms with Gasteiger partial charge in [-0.2, -0.15) is 0 Å². The molecule has 1 aromatic carbocycles. The molecule has 0 atom stereocenters. The average Bonchev–Trinajstić information content (AvgIpc) is 2.62. The normalized spacial score (nSPS) is 14.7. The standard InChI is InChI=1S/C11H8N2O/c14-11-2-4-13-10-6-9-7(1-3-12-9)5-8(10)11/h1,3-6,12H,2H2. The van der Waals surface area contributed by atoms with Crippen LogP contribution in [0.1, 0.15) is 16.8 Å². The maximum atomic E-state index is 11.5. The second-order valence-corrected chi connectivity index (χ2v) is 3.37. The predicted molar refractivity (Wildman–Crippen MR) is 55.4 cm³/mol. The number of hydrogen-bond acceptors (Lipinski definition) is 2. The third-order valence-corrected chi connectivity index (χ3v) is 2.48. The van der Waals surface area contributed by atoms with Gasteiger partial charge in [0.15, 0.2) is 5.78 Å². The minimum atomic E-state index is 0.151. The lowest BCUT2D eigenvalue weighted by Gasteiger charge is -2.08. The second-order valence-electron chi connectivity index (χ2n) is 3.37. The van der Waals surface area contributed by atoms with Crippen LogP contribution in [0.2, 0.25) is 0 Å². The van der Waals surface area contributed by atoms with Gasteiger partial charge in [0.05, 0.1) is 5.69 Å². The van der Waals surface area contributed by atoms with Crippen molar-refractivity contribution in [2.24, 2.45) is 4.99 Å². The van der Waals surface area contributed by atoms with Crippen molar-refractivity contribution in [3.05, 3.63) is 30.0 Å². The van der Waals surface area contributed by atoms with E-state index in [0.717, 1.165) is 22.2 Å². The van der Waals surface area contributed by atoms with Crippen molar-refractivity contribution in [1.29, 1.82) is 0 Å². The Hall–Kier alpha value is -1.90. The van der Waals surface area contributed by atoms with Gasteiger partial charge in [0.25, 0.3) is 0 Å². The van der Waals surface area contributed by atoms with Crippen molar-refractivity contribution in [1.82, 2.24) is 4.98 Å². The number of fused-ring (bicyclic) bond motifs is 2. The van der Waals surface area contributed by atoms with Crippen LogP contribution in [0.25, 0.3) is 10.9 Å². The van der Waals surface area contributed by atoms with E-state index < -0.39 is 0 Å². The molecule has 0 fully saturated rings. The number of aromatic nitrogens is 1. The molecule has 1 aromatic heterocycles. The Morgan fingerprint density at radius 3 is 3.21 bits per heavy atom. The lowest BCUT2D eigenvalue weighted by molar-refractivity contribution is 0.100. The third-order valence-electron chi connectivity index (χ3n) is 2.48. The molecule has 0 radical (unpaired) electrons. The van der Waals surface area contributed by atoms with Gasteiger partial charge in [-0.3, -0.25) is 9.79 Å². The van der Waals surface area contributed by atoms with Gasteiger partial charge in [0.1, 0.15) is 0 Å². The van der Waals surface area contributed by atoms with Crippen molar-refractivity contribution in [3.63, 3.8) is 0 Å². The van der Waals surface area contributed by atoms with Crippen molar-refractivity contribution in [2.75, 3.05) is 0 Å². The van der Waals surface area contributed by atoms with E-state index in [2.05, 4.69) is 9.98 Å². The Balaban J connectivity index is 2.39. The molecule has 0 saturated carbocycles. The molecule has 0 aliphatic carbocycles. The maximum Gasteiger partial charge on any atom is 0.170 e. The molecule has 0 bridgehead atoms. The number of carbonyl (C=O) groups excluding carboxylic acids is 1. The van der Waals surface area contributed by atoms with Crippen LogP contribution >= 0.6 is 0 Å². The van der Waals surface area contributed by atoms with Crippen LogP contribution in [0.4, 0.5) is 5.69 Å². The van der Waals surface area contributed by atoms with Crippen molar-refractivity contribution >= 4 is 28.6 Å². The van der Waals surface area contributed by atoms with Crippen molar-refractivity contribution in [3.8, 4) is 0 Å². The molecule has 1 aliphatic heterocycles. The van der Waals surface area contributed by atoms with Crippen molar-refractivity contribution < 1.29 is 4.79 Å². The molecule has 0 saturated heterocycles. The van der Waals surface area contributed by atoms with E-state index in [4.69, 9.17) is 0 Å². The summed E-state index contributed by atoms with van der Waals surface area (Å²) in [5, 5.41) is 1.06. The van der Waals surface area contributed by atoms with Gasteiger partial charge in [0.2, 0.25) is 0 Å². The largest absolute Gasteiger partial charge is 0.361 e. The molecule has 2 heterocycles. The van der Waals surface area contributed by atoms with Crippen LogP contribution in [-0.2, 0) is 0 Å². The van der Waals surface area contributed by atoms with E-state index in [1.54, 1.807) is 6.21 Å². The predicted octanol–water partition coefficient (Wildman–Crippen LogP) is 2.46. The number of nitrogens with zero attached hydrogens (tertiary/aromatic N) is 1. The van der Waals surface area contributed by atoms with E-state index in [9.17, 15) is 4.79 Å². The zero-order valence-electron chi connectivity index (χ0n) is 7.45. The Kier molecular flexibility index (Phi) is 1.36. The highest BCUT2D eigenvalue weighted by Crippen LogP contribution is 2.28. The number of Topliss-reactive ketones (excluding diaryl/α,β-unsaturated/α-hetero) is 1. The summed E-state index contributed by atoms with van der Waals surface area (Å²) < 4.78 is 0. The smallest absolute Gasteiger partial charge is 0.170 e. The fourth-order valence-corrected chi connectivity index (χ4v) is 1.76. The maximum absolute atomic E-state index is 11.5. The van der Waals surface area contributed by atoms with E-state index in [0.29, 0.717) is 6.42 Å². The summed E-state index contributed by atoms with van der Waals surface area (Å²) in [7, 11) is 0. The summed E-state index contributed by atoms with van der Waals surface area (Å²) in [5.74, 6) is 0.151. The zero-order chi connectivity index (χ0) is 9.54. The molecule has 3 rings (SSSR count). The highest BCUT2D eigenvalue weighted by atomic mass is 16.1. The van der Waals surface area contributed by atoms with E-state index >= 15 is 0 Å². The fraction of sp³-hybridized carbons (Fsp3) is 0.0909. The minimum Gasteiger partial charge on any atom is -0.361 e. The van der Waals surface area contributed by atoms with E-state index in [1.807, 2.05) is 24.4 Å². The monoisotopic (exact) mass is 184 g/mol. The number of ketones is 1. The molecule has 1 aliphatic rings. The van der Waals surface area contributed by atoms with Gasteiger partial charge in [0, 0.05) is 35.3 Å². The third kappa shape index (κ3) is 0.923. The highest BCUT2D eigenvalue weighted by molar-refractivity contribution is 6.12. The summed E-state index contributed by atoms with van der Waals surface area (Å²) in [4.78, 5) is 18.9. The summed E-state index contributed by atoms with van der Waals surface area (Å²) in [6.07, 6.45) is 3.95. The molecule has 0 amide bonds. The number of hydrogen-bond donors (Lipinski definition) is 1. The molecule has 0 unspecified atom stereocenters. The molecule has 2 aromatic rings. The zero-order valence-corrected chi connectivity index (χ0v) is 7.45. The van der Waals surface area contributed by atoms with Crippen molar-refractivity contribution in [2.45, 2.75) is 6.42 Å².